The average molecular weight is 376 g/mol. The lowest BCUT2D eigenvalue weighted by atomic mass is 10.1. The van der Waals surface area contributed by atoms with Crippen molar-refractivity contribution in [2.24, 2.45) is 4.99 Å². The number of aromatic nitrogens is 1. The van der Waals surface area contributed by atoms with Crippen LogP contribution >= 0.6 is 0 Å². The number of benzene rings is 1. The highest BCUT2D eigenvalue weighted by Crippen LogP contribution is 2.39. The van der Waals surface area contributed by atoms with E-state index in [0.717, 1.165) is 17.0 Å². The number of methoxy groups -OCH3 is 3. The van der Waals surface area contributed by atoms with Gasteiger partial charge in [0.1, 0.15) is 0 Å². The number of hydrogen-bond donors (Lipinski definition) is 2. The van der Waals surface area contributed by atoms with E-state index in [9.17, 15) is 0 Å². The van der Waals surface area contributed by atoms with Crippen molar-refractivity contribution in [2.45, 2.75) is 32.9 Å². The Labute approximate surface area is 159 Å². The molecule has 0 spiro atoms. The van der Waals surface area contributed by atoms with E-state index in [1.807, 2.05) is 18.2 Å². The van der Waals surface area contributed by atoms with Gasteiger partial charge in [-0.2, -0.15) is 0 Å². The first kappa shape index (κ1) is 20.4. The Morgan fingerprint density at radius 1 is 1.07 bits per heavy atom. The van der Waals surface area contributed by atoms with Gasteiger partial charge in [0, 0.05) is 25.2 Å². The van der Waals surface area contributed by atoms with E-state index in [0.29, 0.717) is 42.2 Å². The summed E-state index contributed by atoms with van der Waals surface area (Å²) in [6.07, 6.45) is 0. The van der Waals surface area contributed by atoms with Crippen LogP contribution in [0.3, 0.4) is 0 Å². The van der Waals surface area contributed by atoms with Crippen LogP contribution in [0.2, 0.25) is 0 Å². The third-order valence-corrected chi connectivity index (χ3v) is 4.05. The highest BCUT2D eigenvalue weighted by Gasteiger charge is 2.16. The zero-order chi connectivity index (χ0) is 19.8. The topological polar surface area (TPSA) is 90.1 Å². The highest BCUT2D eigenvalue weighted by atomic mass is 16.5. The van der Waals surface area contributed by atoms with Crippen molar-refractivity contribution < 1.29 is 18.7 Å². The molecule has 0 saturated heterocycles. The SMILES string of the molecule is CN=C(NCc1cc(C(C)C)no1)NCc1ccc(OC)c(OC)c1OC. The molecule has 0 aliphatic carbocycles. The van der Waals surface area contributed by atoms with Gasteiger partial charge in [-0.3, -0.25) is 4.99 Å². The lowest BCUT2D eigenvalue weighted by Gasteiger charge is -2.17. The summed E-state index contributed by atoms with van der Waals surface area (Å²) in [6, 6.07) is 5.71. The fourth-order valence-electron chi connectivity index (χ4n) is 2.56. The molecule has 2 N–H and O–H groups in total. The minimum absolute atomic E-state index is 0.331. The summed E-state index contributed by atoms with van der Waals surface area (Å²) in [7, 11) is 6.49. The van der Waals surface area contributed by atoms with Crippen molar-refractivity contribution in [1.29, 1.82) is 0 Å². The van der Waals surface area contributed by atoms with Crippen LogP contribution in [-0.2, 0) is 13.1 Å². The number of ether oxygens (including phenoxy) is 3. The second kappa shape index (κ2) is 9.70. The molecule has 0 atom stereocenters. The van der Waals surface area contributed by atoms with Crippen LogP contribution < -0.4 is 24.8 Å². The number of rotatable bonds is 8. The van der Waals surface area contributed by atoms with E-state index in [1.54, 1.807) is 28.4 Å². The van der Waals surface area contributed by atoms with Crippen LogP contribution in [0.1, 0.15) is 36.8 Å². The predicted molar refractivity (Wildman–Crippen MR) is 104 cm³/mol. The molecule has 0 aliphatic heterocycles. The molecule has 0 saturated carbocycles. The number of nitrogens with one attached hydrogen (secondary N) is 2. The molecule has 8 heteroatoms. The molecule has 1 aromatic heterocycles. The van der Waals surface area contributed by atoms with Gasteiger partial charge in [-0.15, -0.1) is 0 Å². The Balaban J connectivity index is 2.01. The predicted octanol–water partition coefficient (Wildman–Crippen LogP) is 2.69. The third kappa shape index (κ3) is 5.06. The number of aliphatic imine (C=N–C) groups is 1. The van der Waals surface area contributed by atoms with Gasteiger partial charge < -0.3 is 29.4 Å². The van der Waals surface area contributed by atoms with E-state index < -0.39 is 0 Å². The molecule has 0 radical (unpaired) electrons. The minimum atomic E-state index is 0.331. The molecule has 148 valence electrons. The molecule has 0 fully saturated rings. The summed E-state index contributed by atoms with van der Waals surface area (Å²) in [4.78, 5) is 4.23. The maximum absolute atomic E-state index is 5.50. The van der Waals surface area contributed by atoms with Crippen LogP contribution in [0, 0.1) is 0 Å². The van der Waals surface area contributed by atoms with Gasteiger partial charge in [-0.1, -0.05) is 19.0 Å². The third-order valence-electron chi connectivity index (χ3n) is 4.05. The largest absolute Gasteiger partial charge is 0.493 e. The van der Waals surface area contributed by atoms with Crippen molar-refractivity contribution in [3.63, 3.8) is 0 Å². The van der Waals surface area contributed by atoms with Gasteiger partial charge in [0.05, 0.1) is 33.6 Å². The van der Waals surface area contributed by atoms with Gasteiger partial charge in [0.25, 0.3) is 0 Å². The maximum atomic E-state index is 5.50. The minimum Gasteiger partial charge on any atom is -0.493 e. The molecule has 0 unspecified atom stereocenters. The zero-order valence-electron chi connectivity index (χ0n) is 16.8. The van der Waals surface area contributed by atoms with Gasteiger partial charge in [-0.25, -0.2) is 0 Å². The number of nitrogens with zero attached hydrogens (tertiary/aromatic N) is 2. The fraction of sp³-hybridized carbons (Fsp3) is 0.474. The lowest BCUT2D eigenvalue weighted by molar-refractivity contribution is 0.322. The smallest absolute Gasteiger partial charge is 0.203 e. The van der Waals surface area contributed by atoms with Crippen molar-refractivity contribution in [3.8, 4) is 17.2 Å². The summed E-state index contributed by atoms with van der Waals surface area (Å²) >= 11 is 0. The first-order valence-corrected chi connectivity index (χ1v) is 8.71. The monoisotopic (exact) mass is 376 g/mol. The van der Waals surface area contributed by atoms with Crippen molar-refractivity contribution >= 4 is 5.96 Å². The molecule has 0 amide bonds. The van der Waals surface area contributed by atoms with Crippen molar-refractivity contribution in [2.75, 3.05) is 28.4 Å². The van der Waals surface area contributed by atoms with Crippen LogP contribution in [-0.4, -0.2) is 39.5 Å². The standard InChI is InChI=1S/C19H28N4O4/c1-12(2)15-9-14(27-23-15)11-22-19(20-3)21-10-13-7-8-16(24-4)18(26-6)17(13)25-5/h7-9,12H,10-11H2,1-6H3,(H2,20,21,22). The molecule has 0 aliphatic rings. The molecule has 1 aromatic carbocycles. The molecule has 27 heavy (non-hydrogen) atoms. The average Bonchev–Trinajstić information content (AvgIpc) is 3.16. The fourth-order valence-corrected chi connectivity index (χ4v) is 2.56. The lowest BCUT2D eigenvalue weighted by Crippen LogP contribution is -2.36. The van der Waals surface area contributed by atoms with Crippen LogP contribution in [0.15, 0.2) is 27.7 Å². The molecular formula is C19H28N4O4. The molecule has 0 bridgehead atoms. The summed E-state index contributed by atoms with van der Waals surface area (Å²) in [5.74, 6) is 3.52. The summed E-state index contributed by atoms with van der Waals surface area (Å²) < 4.78 is 21.6. The van der Waals surface area contributed by atoms with Crippen LogP contribution in [0.5, 0.6) is 17.2 Å². The first-order valence-electron chi connectivity index (χ1n) is 8.71. The second-order valence-corrected chi connectivity index (χ2v) is 6.15. The Morgan fingerprint density at radius 3 is 2.33 bits per heavy atom. The Morgan fingerprint density at radius 2 is 1.78 bits per heavy atom. The highest BCUT2D eigenvalue weighted by molar-refractivity contribution is 5.79. The Kier molecular flexibility index (Phi) is 7.34. The van der Waals surface area contributed by atoms with E-state index >= 15 is 0 Å². The van der Waals surface area contributed by atoms with Gasteiger partial charge >= 0.3 is 0 Å². The van der Waals surface area contributed by atoms with E-state index in [4.69, 9.17) is 18.7 Å². The van der Waals surface area contributed by atoms with Gasteiger partial charge in [0.2, 0.25) is 5.75 Å². The summed E-state index contributed by atoms with van der Waals surface area (Å²) in [5.41, 5.74) is 1.85. The van der Waals surface area contributed by atoms with E-state index in [-0.39, 0.29) is 0 Å². The molecule has 2 rings (SSSR count). The van der Waals surface area contributed by atoms with Crippen LogP contribution in [0.4, 0.5) is 0 Å². The Bertz CT molecular complexity index is 771. The second-order valence-electron chi connectivity index (χ2n) is 6.15. The molecule has 2 aromatic rings. The number of guanidine groups is 1. The van der Waals surface area contributed by atoms with Crippen LogP contribution in [0.25, 0.3) is 0 Å². The van der Waals surface area contributed by atoms with Gasteiger partial charge in [-0.05, 0) is 18.1 Å². The van der Waals surface area contributed by atoms with Gasteiger partial charge in [0.15, 0.2) is 23.2 Å². The molecule has 8 nitrogen and oxygen atoms in total. The molecule has 1 heterocycles. The number of hydrogen-bond acceptors (Lipinski definition) is 6. The Hall–Kier alpha value is -2.90. The first-order chi connectivity index (χ1) is 13.0. The summed E-state index contributed by atoms with van der Waals surface area (Å²) in [6.45, 7) is 5.14. The normalized spacial score (nSPS) is 11.4. The van der Waals surface area contributed by atoms with Crippen molar-refractivity contribution in [3.05, 3.63) is 35.2 Å². The maximum Gasteiger partial charge on any atom is 0.203 e. The van der Waals surface area contributed by atoms with E-state index in [2.05, 4.69) is 34.6 Å². The van der Waals surface area contributed by atoms with E-state index in [1.165, 1.54) is 0 Å². The molecular weight excluding hydrogens is 348 g/mol. The quantitative estimate of drug-likeness (QED) is 0.541. The van der Waals surface area contributed by atoms with Crippen molar-refractivity contribution in [1.82, 2.24) is 15.8 Å². The summed E-state index contributed by atoms with van der Waals surface area (Å²) in [5, 5.41) is 10.5. The zero-order valence-corrected chi connectivity index (χ0v) is 16.8.